The number of benzene rings is 1. The van der Waals surface area contributed by atoms with Crippen molar-refractivity contribution in [3.63, 3.8) is 0 Å². The van der Waals surface area contributed by atoms with E-state index in [1.54, 1.807) is 11.6 Å². The van der Waals surface area contributed by atoms with Crippen molar-refractivity contribution in [2.24, 2.45) is 0 Å². The highest BCUT2D eigenvalue weighted by Gasteiger charge is 2.16. The summed E-state index contributed by atoms with van der Waals surface area (Å²) in [5.41, 5.74) is 7.90. The van der Waals surface area contributed by atoms with E-state index in [1.165, 1.54) is 11.8 Å². The van der Waals surface area contributed by atoms with E-state index in [1.807, 2.05) is 30.3 Å². The number of nitrogen functional groups attached to an aromatic ring is 1. The molecule has 0 atom stereocenters. The molecule has 1 aromatic carbocycles. The van der Waals surface area contributed by atoms with E-state index in [0.717, 1.165) is 5.69 Å². The fourth-order valence-corrected chi connectivity index (χ4v) is 3.40. The van der Waals surface area contributed by atoms with E-state index < -0.39 is 0 Å². The van der Waals surface area contributed by atoms with Crippen LogP contribution < -0.4 is 11.1 Å². The number of nitrogens with zero attached hydrogens (tertiary/aromatic N) is 5. The number of carbonyl (C=O) groups excluding carboxylic acids is 1. The molecule has 150 valence electrons. The number of rotatable bonds is 9. The molecule has 0 aliphatic heterocycles. The summed E-state index contributed by atoms with van der Waals surface area (Å²) in [5, 5.41) is 20.6. The monoisotopic (exact) mass is 411 g/mol. The average molecular weight is 411 g/mol. The highest BCUT2D eigenvalue weighted by atomic mass is 32.2. The van der Waals surface area contributed by atoms with E-state index in [4.69, 9.17) is 10.3 Å². The summed E-state index contributed by atoms with van der Waals surface area (Å²) in [6.07, 6.45) is 1.20. The zero-order valence-electron chi connectivity index (χ0n) is 16.0. The molecule has 3 aromatic rings. The van der Waals surface area contributed by atoms with Crippen molar-refractivity contribution >= 4 is 23.5 Å². The molecule has 2 aromatic heterocycles. The minimum absolute atomic E-state index is 0.0648. The van der Waals surface area contributed by atoms with Gasteiger partial charge in [0.1, 0.15) is 17.5 Å². The number of amides is 1. The van der Waals surface area contributed by atoms with Gasteiger partial charge in [-0.25, -0.2) is 4.68 Å². The molecule has 0 aliphatic carbocycles. The maximum absolute atomic E-state index is 11.9. The molecule has 0 unspecified atom stereocenters. The van der Waals surface area contributed by atoms with Crippen LogP contribution >= 0.6 is 11.8 Å². The minimum atomic E-state index is -0.0648. The maximum Gasteiger partial charge on any atom is 0.230 e. The maximum atomic E-state index is 11.9. The molecule has 0 bridgehead atoms. The van der Waals surface area contributed by atoms with Crippen LogP contribution in [0.4, 0.5) is 5.82 Å². The van der Waals surface area contributed by atoms with Gasteiger partial charge in [0.2, 0.25) is 11.8 Å². The van der Waals surface area contributed by atoms with E-state index in [-0.39, 0.29) is 5.91 Å². The number of hydrogen-bond acceptors (Lipinski definition) is 8. The third-order valence-corrected chi connectivity index (χ3v) is 4.98. The summed E-state index contributed by atoms with van der Waals surface area (Å²) in [7, 11) is 0. The number of thioether (sulfide) groups is 1. The zero-order valence-corrected chi connectivity index (χ0v) is 16.8. The van der Waals surface area contributed by atoms with Gasteiger partial charge < -0.3 is 15.6 Å². The Labute approximate surface area is 172 Å². The number of carbonyl (C=O) groups is 1. The average Bonchev–Trinajstić information content (AvgIpc) is 3.28. The van der Waals surface area contributed by atoms with Gasteiger partial charge in [0, 0.05) is 13.5 Å². The van der Waals surface area contributed by atoms with Gasteiger partial charge >= 0.3 is 0 Å². The molecular formula is C19H21N7O2S. The Morgan fingerprint density at radius 2 is 2.17 bits per heavy atom. The van der Waals surface area contributed by atoms with Crippen molar-refractivity contribution in [1.29, 1.82) is 5.26 Å². The molecule has 0 fully saturated rings. The molecular weight excluding hydrogens is 390 g/mol. The van der Waals surface area contributed by atoms with Crippen LogP contribution in [0.3, 0.4) is 0 Å². The third-order valence-electron chi connectivity index (χ3n) is 4.05. The summed E-state index contributed by atoms with van der Waals surface area (Å²) in [5.74, 6) is 2.18. The van der Waals surface area contributed by atoms with Gasteiger partial charge in [0.05, 0.1) is 22.9 Å². The second-order valence-electron chi connectivity index (χ2n) is 6.24. The lowest BCUT2D eigenvalue weighted by molar-refractivity contribution is -0.118. The van der Waals surface area contributed by atoms with E-state index in [9.17, 15) is 10.1 Å². The molecule has 0 saturated heterocycles. The summed E-state index contributed by atoms with van der Waals surface area (Å²) in [6, 6.07) is 11.6. The van der Waals surface area contributed by atoms with Crippen LogP contribution in [0.5, 0.6) is 0 Å². The van der Waals surface area contributed by atoms with Crippen molar-refractivity contribution in [1.82, 2.24) is 25.2 Å². The van der Waals surface area contributed by atoms with Crippen molar-refractivity contribution in [3.05, 3.63) is 53.3 Å². The highest BCUT2D eigenvalue weighted by Crippen LogP contribution is 2.21. The fraction of sp³-hybridized carbons (Fsp3) is 0.316. The van der Waals surface area contributed by atoms with Crippen LogP contribution in [0.25, 0.3) is 5.69 Å². The zero-order chi connectivity index (χ0) is 20.6. The first kappa shape index (κ1) is 20.4. The quantitative estimate of drug-likeness (QED) is 0.510. The summed E-state index contributed by atoms with van der Waals surface area (Å²) in [4.78, 5) is 16.0. The molecule has 0 saturated carbocycles. The number of anilines is 1. The van der Waals surface area contributed by atoms with Gasteiger partial charge in [-0.3, -0.25) is 4.79 Å². The Hall–Kier alpha value is -3.32. The predicted octanol–water partition coefficient (Wildman–Crippen LogP) is 2.00. The molecule has 0 spiro atoms. The van der Waals surface area contributed by atoms with Gasteiger partial charge in [-0.15, -0.1) is 11.8 Å². The fourth-order valence-electron chi connectivity index (χ4n) is 2.71. The molecule has 10 heteroatoms. The van der Waals surface area contributed by atoms with Crippen LogP contribution in [0.1, 0.15) is 29.4 Å². The smallest absolute Gasteiger partial charge is 0.230 e. The van der Waals surface area contributed by atoms with E-state index >= 15 is 0 Å². The first-order valence-corrected chi connectivity index (χ1v) is 10.2. The first-order chi connectivity index (χ1) is 14.1. The largest absolute Gasteiger partial charge is 0.382 e. The van der Waals surface area contributed by atoms with Gasteiger partial charge in [0.15, 0.2) is 5.82 Å². The van der Waals surface area contributed by atoms with Crippen molar-refractivity contribution in [2.75, 3.05) is 18.0 Å². The lowest BCUT2D eigenvalue weighted by atomic mass is 10.1. The van der Waals surface area contributed by atoms with Crippen molar-refractivity contribution < 1.29 is 9.32 Å². The predicted molar refractivity (Wildman–Crippen MR) is 109 cm³/mol. The Bertz CT molecular complexity index is 1010. The van der Waals surface area contributed by atoms with E-state index in [2.05, 4.69) is 26.6 Å². The summed E-state index contributed by atoms with van der Waals surface area (Å²) < 4.78 is 6.46. The third kappa shape index (κ3) is 5.36. The Morgan fingerprint density at radius 3 is 2.86 bits per heavy atom. The van der Waals surface area contributed by atoms with Gasteiger partial charge in [-0.05, 0) is 25.0 Å². The molecule has 1 amide bonds. The highest BCUT2D eigenvalue weighted by molar-refractivity contribution is 7.99. The normalized spacial score (nSPS) is 10.6. The number of nitrogens with one attached hydrogen (secondary N) is 1. The van der Waals surface area contributed by atoms with Crippen LogP contribution in [0.15, 0.2) is 34.9 Å². The van der Waals surface area contributed by atoms with Crippen molar-refractivity contribution in [3.8, 4) is 11.8 Å². The SMILES string of the molecule is Cc1nc(CSCC(=O)NCCCc2nn(-c3ccccc3)c(N)c2C#N)no1. The lowest BCUT2D eigenvalue weighted by Crippen LogP contribution is -2.26. The van der Waals surface area contributed by atoms with Gasteiger partial charge in [-0.2, -0.15) is 15.3 Å². The standard InChI is InChI=1S/C19H21N7O2S/c1-13-23-17(25-28-13)11-29-12-18(27)22-9-5-8-16-15(10-20)19(21)26(24-16)14-6-3-2-4-7-14/h2-4,6-7H,5,8-9,11-12,21H2,1H3,(H,22,27). The second kappa shape index (κ2) is 9.75. The molecule has 29 heavy (non-hydrogen) atoms. The van der Waals surface area contributed by atoms with Crippen molar-refractivity contribution in [2.45, 2.75) is 25.5 Å². The lowest BCUT2D eigenvalue weighted by Gasteiger charge is -2.04. The number of aryl methyl sites for hydroxylation is 2. The van der Waals surface area contributed by atoms with Crippen LogP contribution in [0.2, 0.25) is 0 Å². The number of aromatic nitrogens is 4. The molecule has 0 radical (unpaired) electrons. The van der Waals surface area contributed by atoms with Gasteiger partial charge in [-0.1, -0.05) is 23.4 Å². The minimum Gasteiger partial charge on any atom is -0.382 e. The van der Waals surface area contributed by atoms with Crippen LogP contribution in [-0.2, 0) is 17.0 Å². The molecule has 9 nitrogen and oxygen atoms in total. The number of nitriles is 1. The summed E-state index contributed by atoms with van der Waals surface area (Å²) >= 11 is 1.42. The van der Waals surface area contributed by atoms with E-state index in [0.29, 0.717) is 59.7 Å². The number of para-hydroxylation sites is 1. The molecule has 0 aliphatic rings. The first-order valence-electron chi connectivity index (χ1n) is 9.05. The second-order valence-corrected chi connectivity index (χ2v) is 7.23. The van der Waals surface area contributed by atoms with Crippen LogP contribution in [0, 0.1) is 18.3 Å². The number of hydrogen-bond donors (Lipinski definition) is 2. The number of nitrogens with two attached hydrogens (primary N) is 1. The van der Waals surface area contributed by atoms with Crippen LogP contribution in [-0.4, -0.2) is 38.1 Å². The summed E-state index contributed by atoms with van der Waals surface area (Å²) in [6.45, 7) is 2.21. The molecule has 3 N–H and O–H groups in total. The molecule has 3 rings (SSSR count). The topological polar surface area (TPSA) is 136 Å². The molecule has 2 heterocycles. The Morgan fingerprint density at radius 1 is 1.38 bits per heavy atom. The Kier molecular flexibility index (Phi) is 6.86. The Balaban J connectivity index is 1.45. The van der Waals surface area contributed by atoms with Gasteiger partial charge in [0.25, 0.3) is 0 Å².